The van der Waals surface area contributed by atoms with Crippen molar-refractivity contribution in [3.8, 4) is 11.3 Å². The van der Waals surface area contributed by atoms with Crippen molar-refractivity contribution in [2.45, 2.75) is 12.8 Å². The number of hydrogen-bond donors (Lipinski definition) is 0. The summed E-state index contributed by atoms with van der Waals surface area (Å²) in [5.41, 5.74) is 0.773. The number of benzene rings is 1. The fourth-order valence-corrected chi connectivity index (χ4v) is 4.63. The van der Waals surface area contributed by atoms with Gasteiger partial charge in [0, 0.05) is 5.56 Å². The second kappa shape index (κ2) is 6.55. The van der Waals surface area contributed by atoms with Gasteiger partial charge < -0.3 is 14.3 Å². The summed E-state index contributed by atoms with van der Waals surface area (Å²) in [6.45, 7) is 0. The molecule has 4 aliphatic rings. The first-order valence-electron chi connectivity index (χ1n) is 9.54. The molecule has 1 aromatic heterocycles. The van der Waals surface area contributed by atoms with E-state index in [1.165, 1.54) is 18.3 Å². The first-order chi connectivity index (χ1) is 14.0. The molecule has 2 heterocycles. The number of furan rings is 1. The number of carboxylic acids is 1. The van der Waals surface area contributed by atoms with E-state index in [1.807, 2.05) is 0 Å². The molecule has 2 fully saturated rings. The standard InChI is InChI=1S/C22H18N2O5/c25-20-18-13-3-4-14(6-5-13)19(18)21(26)24(20)23-11-16-9-10-17(29-16)12-1-7-15(8-2-12)22(27)28/h1-4,7-11,13-14,18-19H,5-6H2,(H,27,28)/p-1/b23-11-/t13-,14-,18-,19+/m0/s1. The van der Waals surface area contributed by atoms with Gasteiger partial charge in [0.1, 0.15) is 11.5 Å². The molecule has 2 bridgehead atoms. The molecule has 0 N–H and O–H groups in total. The van der Waals surface area contributed by atoms with Gasteiger partial charge in [-0.3, -0.25) is 9.59 Å². The fourth-order valence-electron chi connectivity index (χ4n) is 4.63. The minimum Gasteiger partial charge on any atom is -0.545 e. The first-order valence-corrected chi connectivity index (χ1v) is 9.54. The van der Waals surface area contributed by atoms with Gasteiger partial charge in [-0.2, -0.15) is 10.1 Å². The van der Waals surface area contributed by atoms with Crippen LogP contribution in [0.5, 0.6) is 0 Å². The summed E-state index contributed by atoms with van der Waals surface area (Å²) in [6, 6.07) is 9.50. The number of allylic oxidation sites excluding steroid dienone is 2. The van der Waals surface area contributed by atoms with E-state index in [1.54, 1.807) is 24.3 Å². The molecule has 4 atom stereocenters. The van der Waals surface area contributed by atoms with Gasteiger partial charge in [0.25, 0.3) is 11.8 Å². The molecule has 29 heavy (non-hydrogen) atoms. The Balaban J connectivity index is 1.34. The fraction of sp³-hybridized carbons (Fsp3) is 0.273. The lowest BCUT2D eigenvalue weighted by Crippen LogP contribution is -2.38. The molecule has 2 amide bonds. The van der Waals surface area contributed by atoms with Crippen molar-refractivity contribution in [2.75, 3.05) is 0 Å². The topological polar surface area (TPSA) is 103 Å². The van der Waals surface area contributed by atoms with Gasteiger partial charge in [-0.05, 0) is 42.4 Å². The number of amides is 2. The second-order valence-corrected chi connectivity index (χ2v) is 7.64. The number of carbonyl (C=O) groups is 3. The zero-order chi connectivity index (χ0) is 20.1. The molecular formula is C22H17N2O5-. The van der Waals surface area contributed by atoms with Gasteiger partial charge >= 0.3 is 0 Å². The van der Waals surface area contributed by atoms with Gasteiger partial charge in [0.05, 0.1) is 24.0 Å². The SMILES string of the molecule is O=C([O-])c1ccc(-c2ccc(/C=N\N3C(=O)[C@@H]4[C@H](C3=O)[C@H]3C=C[C@H]4CC3)o2)cc1. The Kier molecular flexibility index (Phi) is 3.97. The summed E-state index contributed by atoms with van der Waals surface area (Å²) >= 11 is 0. The Labute approximate surface area is 166 Å². The molecule has 1 aromatic carbocycles. The molecule has 7 heteroatoms. The average Bonchev–Trinajstić information content (AvgIpc) is 3.32. The highest BCUT2D eigenvalue weighted by Gasteiger charge is 2.56. The molecule has 1 aliphatic heterocycles. The molecule has 3 aliphatic carbocycles. The Morgan fingerprint density at radius 3 is 2.17 bits per heavy atom. The molecule has 0 unspecified atom stereocenters. The van der Waals surface area contributed by atoms with Gasteiger partial charge in [-0.15, -0.1) is 0 Å². The summed E-state index contributed by atoms with van der Waals surface area (Å²) in [6.07, 6.45) is 7.38. The lowest BCUT2D eigenvalue weighted by molar-refractivity contribution is -0.255. The van der Waals surface area contributed by atoms with Crippen molar-refractivity contribution >= 4 is 24.0 Å². The lowest BCUT2D eigenvalue weighted by Gasteiger charge is -2.37. The highest BCUT2D eigenvalue weighted by atomic mass is 16.4. The van der Waals surface area contributed by atoms with Crippen LogP contribution in [0.15, 0.2) is 58.1 Å². The zero-order valence-electron chi connectivity index (χ0n) is 15.4. The number of hydrazone groups is 1. The zero-order valence-corrected chi connectivity index (χ0v) is 15.4. The second-order valence-electron chi connectivity index (χ2n) is 7.64. The predicted molar refractivity (Wildman–Crippen MR) is 100 cm³/mol. The van der Waals surface area contributed by atoms with E-state index < -0.39 is 5.97 Å². The van der Waals surface area contributed by atoms with Crippen LogP contribution in [0.1, 0.15) is 29.0 Å². The van der Waals surface area contributed by atoms with Crippen LogP contribution in [0.2, 0.25) is 0 Å². The van der Waals surface area contributed by atoms with Crippen LogP contribution in [0.3, 0.4) is 0 Å². The van der Waals surface area contributed by atoms with Gasteiger partial charge in [-0.25, -0.2) is 0 Å². The van der Waals surface area contributed by atoms with Crippen LogP contribution in [0.4, 0.5) is 0 Å². The Morgan fingerprint density at radius 2 is 1.62 bits per heavy atom. The maximum absolute atomic E-state index is 12.7. The molecule has 1 saturated heterocycles. The monoisotopic (exact) mass is 389 g/mol. The highest BCUT2D eigenvalue weighted by molar-refractivity contribution is 6.06. The molecule has 0 spiro atoms. The van der Waals surface area contributed by atoms with Crippen LogP contribution >= 0.6 is 0 Å². The summed E-state index contributed by atoms with van der Waals surface area (Å²) in [5, 5.41) is 16.0. The summed E-state index contributed by atoms with van der Waals surface area (Å²) in [5.74, 6) is -1.14. The third kappa shape index (κ3) is 2.81. The number of hydrogen-bond acceptors (Lipinski definition) is 6. The number of carboxylic acid groups (broad SMARTS) is 1. The summed E-state index contributed by atoms with van der Waals surface area (Å²) in [7, 11) is 0. The van der Waals surface area contributed by atoms with Gasteiger partial charge in [0.15, 0.2) is 0 Å². The van der Waals surface area contributed by atoms with Crippen molar-refractivity contribution in [3.05, 3.63) is 59.9 Å². The Hall–Kier alpha value is -3.48. The largest absolute Gasteiger partial charge is 0.545 e. The minimum absolute atomic E-state index is 0.0815. The number of imide groups is 1. The molecule has 2 aromatic rings. The van der Waals surface area contributed by atoms with Crippen molar-refractivity contribution in [1.82, 2.24) is 5.01 Å². The number of aromatic carboxylic acids is 1. The minimum atomic E-state index is -1.24. The quantitative estimate of drug-likeness (QED) is 0.451. The number of fused-ring (bicyclic) bond motifs is 1. The summed E-state index contributed by atoms with van der Waals surface area (Å²) in [4.78, 5) is 36.3. The molecule has 1 saturated carbocycles. The number of nitrogens with zero attached hydrogens (tertiary/aromatic N) is 2. The maximum Gasteiger partial charge on any atom is 0.254 e. The van der Waals surface area contributed by atoms with Crippen molar-refractivity contribution in [1.29, 1.82) is 0 Å². The third-order valence-electron chi connectivity index (χ3n) is 6.07. The first kappa shape index (κ1) is 17.6. The Morgan fingerprint density at radius 1 is 1.00 bits per heavy atom. The van der Waals surface area contributed by atoms with E-state index >= 15 is 0 Å². The van der Waals surface area contributed by atoms with E-state index in [0.717, 1.165) is 17.9 Å². The molecule has 6 rings (SSSR count). The average molecular weight is 389 g/mol. The van der Waals surface area contributed by atoms with Crippen LogP contribution in [0, 0.1) is 23.7 Å². The van der Waals surface area contributed by atoms with Crippen LogP contribution in [-0.4, -0.2) is 29.0 Å². The third-order valence-corrected chi connectivity index (χ3v) is 6.07. The van der Waals surface area contributed by atoms with Crippen LogP contribution in [0.25, 0.3) is 11.3 Å². The van der Waals surface area contributed by atoms with Gasteiger partial charge in [0.2, 0.25) is 0 Å². The van der Waals surface area contributed by atoms with E-state index in [0.29, 0.717) is 17.1 Å². The van der Waals surface area contributed by atoms with Gasteiger partial charge in [-0.1, -0.05) is 36.4 Å². The maximum atomic E-state index is 12.7. The smallest absolute Gasteiger partial charge is 0.254 e. The lowest BCUT2D eigenvalue weighted by atomic mass is 9.63. The molecule has 0 radical (unpaired) electrons. The normalized spacial score (nSPS) is 27.8. The summed E-state index contributed by atoms with van der Waals surface area (Å²) < 4.78 is 5.70. The van der Waals surface area contributed by atoms with Crippen LogP contribution in [-0.2, 0) is 9.59 Å². The molecule has 7 nitrogen and oxygen atoms in total. The van der Waals surface area contributed by atoms with Crippen molar-refractivity contribution < 1.29 is 23.9 Å². The van der Waals surface area contributed by atoms with E-state index in [2.05, 4.69) is 17.3 Å². The molecular weight excluding hydrogens is 372 g/mol. The van der Waals surface area contributed by atoms with Crippen molar-refractivity contribution in [2.24, 2.45) is 28.8 Å². The van der Waals surface area contributed by atoms with E-state index in [4.69, 9.17) is 4.42 Å². The highest BCUT2D eigenvalue weighted by Crippen LogP contribution is 2.49. The Bertz CT molecular complexity index is 1030. The van der Waals surface area contributed by atoms with E-state index in [-0.39, 0.29) is 41.0 Å². The predicted octanol–water partition coefficient (Wildman–Crippen LogP) is 1.84. The number of carbonyl (C=O) groups excluding carboxylic acids is 3. The van der Waals surface area contributed by atoms with E-state index in [9.17, 15) is 19.5 Å². The number of rotatable bonds is 4. The van der Waals surface area contributed by atoms with Crippen molar-refractivity contribution in [3.63, 3.8) is 0 Å². The molecule has 146 valence electrons. The van der Waals surface area contributed by atoms with Crippen LogP contribution < -0.4 is 5.11 Å².